The van der Waals surface area contributed by atoms with Crippen LogP contribution < -0.4 is 10.7 Å². The van der Waals surface area contributed by atoms with Crippen LogP contribution in [-0.2, 0) is 13.0 Å². The number of pyridine rings is 2. The van der Waals surface area contributed by atoms with E-state index in [0.717, 1.165) is 40.2 Å². The van der Waals surface area contributed by atoms with Crippen molar-refractivity contribution in [2.24, 2.45) is 0 Å². The van der Waals surface area contributed by atoms with Crippen LogP contribution in [-0.4, -0.2) is 15.5 Å². The minimum absolute atomic E-state index is 0.224. The Bertz CT molecular complexity index is 1090. The van der Waals surface area contributed by atoms with Crippen LogP contribution in [0.5, 0.6) is 0 Å². The van der Waals surface area contributed by atoms with Gasteiger partial charge in [0.25, 0.3) is 5.91 Å². The number of rotatable bonds is 6. The summed E-state index contributed by atoms with van der Waals surface area (Å²) in [4.78, 5) is 30.2. The molecule has 29 heavy (non-hydrogen) atoms. The van der Waals surface area contributed by atoms with E-state index in [4.69, 9.17) is 0 Å². The molecule has 0 unspecified atom stereocenters. The van der Waals surface area contributed by atoms with Crippen LogP contribution >= 0.6 is 0 Å². The summed E-state index contributed by atoms with van der Waals surface area (Å²) in [6.07, 6.45) is 5.02. The van der Waals surface area contributed by atoms with Gasteiger partial charge in [0.05, 0.1) is 0 Å². The third kappa shape index (κ3) is 4.45. The lowest BCUT2D eigenvalue weighted by molar-refractivity contribution is 0.102. The summed E-state index contributed by atoms with van der Waals surface area (Å²) in [7, 11) is 0. The Morgan fingerprint density at radius 2 is 1.93 bits per heavy atom. The maximum absolute atomic E-state index is 13.2. The number of carbonyl (C=O) groups excluding carboxylic acids is 1. The zero-order chi connectivity index (χ0) is 21.0. The Balaban J connectivity index is 2.07. The van der Waals surface area contributed by atoms with Gasteiger partial charge >= 0.3 is 0 Å². The minimum Gasteiger partial charge on any atom is -0.343 e. The smallest absolute Gasteiger partial charge is 0.261 e. The summed E-state index contributed by atoms with van der Waals surface area (Å²) in [5, 5.41) is 2.95. The highest BCUT2D eigenvalue weighted by atomic mass is 16.2. The lowest BCUT2D eigenvalue weighted by atomic mass is 10.0. The van der Waals surface area contributed by atoms with Gasteiger partial charge in [-0.25, -0.2) is 0 Å². The molecule has 1 amide bonds. The first kappa shape index (κ1) is 20.5. The van der Waals surface area contributed by atoms with Gasteiger partial charge in [-0.1, -0.05) is 31.5 Å². The third-order valence-electron chi connectivity index (χ3n) is 5.26. The van der Waals surface area contributed by atoms with E-state index in [-0.39, 0.29) is 16.9 Å². The van der Waals surface area contributed by atoms with Crippen molar-refractivity contribution < 1.29 is 4.79 Å². The van der Waals surface area contributed by atoms with Crippen LogP contribution in [0.1, 0.15) is 51.8 Å². The van der Waals surface area contributed by atoms with Gasteiger partial charge in [-0.05, 0) is 56.0 Å². The van der Waals surface area contributed by atoms with Crippen molar-refractivity contribution in [3.63, 3.8) is 0 Å². The molecule has 0 saturated heterocycles. The van der Waals surface area contributed by atoms with Crippen LogP contribution in [0.3, 0.4) is 0 Å². The first-order valence-corrected chi connectivity index (χ1v) is 9.92. The molecule has 0 bridgehead atoms. The van der Waals surface area contributed by atoms with E-state index in [9.17, 15) is 9.59 Å². The number of aryl methyl sites for hydroxylation is 2. The van der Waals surface area contributed by atoms with Gasteiger partial charge < -0.3 is 9.88 Å². The van der Waals surface area contributed by atoms with Crippen molar-refractivity contribution in [1.29, 1.82) is 0 Å². The average molecular weight is 389 g/mol. The van der Waals surface area contributed by atoms with E-state index in [1.165, 1.54) is 0 Å². The van der Waals surface area contributed by atoms with E-state index in [2.05, 4.69) is 14.9 Å². The number of amides is 1. The summed E-state index contributed by atoms with van der Waals surface area (Å²) >= 11 is 0. The van der Waals surface area contributed by atoms with E-state index < -0.39 is 0 Å². The molecule has 0 radical (unpaired) electrons. The number of benzene rings is 1. The molecule has 0 fully saturated rings. The molecule has 150 valence electrons. The molecule has 2 heterocycles. The fourth-order valence-corrected chi connectivity index (χ4v) is 3.54. The number of nitrogens with zero attached hydrogens (tertiary/aromatic N) is 2. The van der Waals surface area contributed by atoms with Gasteiger partial charge in [-0.15, -0.1) is 0 Å². The molecule has 1 aromatic carbocycles. The van der Waals surface area contributed by atoms with Crippen LogP contribution in [0, 0.1) is 20.8 Å². The van der Waals surface area contributed by atoms with E-state index in [1.807, 2.05) is 64.2 Å². The SMILES string of the molecule is CCCc1c(C(=O)Nc2cccc(C)c2C)c(=O)cc(C)n1Cc1cccnc1. The van der Waals surface area contributed by atoms with Crippen LogP contribution in [0.4, 0.5) is 5.69 Å². The van der Waals surface area contributed by atoms with E-state index in [0.29, 0.717) is 13.0 Å². The minimum atomic E-state index is -0.355. The predicted octanol–water partition coefficient (Wildman–Crippen LogP) is 4.42. The molecule has 5 nitrogen and oxygen atoms in total. The first-order chi connectivity index (χ1) is 13.9. The molecule has 5 heteroatoms. The number of aromatic nitrogens is 2. The molecule has 0 saturated carbocycles. The highest BCUT2D eigenvalue weighted by Gasteiger charge is 2.20. The summed E-state index contributed by atoms with van der Waals surface area (Å²) < 4.78 is 2.06. The van der Waals surface area contributed by atoms with Crippen molar-refractivity contribution in [1.82, 2.24) is 9.55 Å². The number of hydrogen-bond acceptors (Lipinski definition) is 3. The zero-order valence-corrected chi connectivity index (χ0v) is 17.5. The van der Waals surface area contributed by atoms with E-state index in [1.54, 1.807) is 12.3 Å². The topological polar surface area (TPSA) is 64.0 Å². The quantitative estimate of drug-likeness (QED) is 0.679. The second kappa shape index (κ2) is 8.86. The Hall–Kier alpha value is -3.21. The molecule has 1 N–H and O–H groups in total. The van der Waals surface area contributed by atoms with Crippen LogP contribution in [0.15, 0.2) is 53.6 Å². The van der Waals surface area contributed by atoms with Crippen molar-refractivity contribution in [3.8, 4) is 0 Å². The summed E-state index contributed by atoms with van der Waals surface area (Å²) in [6, 6.07) is 11.2. The van der Waals surface area contributed by atoms with Gasteiger partial charge in [0.15, 0.2) is 5.43 Å². The van der Waals surface area contributed by atoms with Crippen molar-refractivity contribution >= 4 is 11.6 Å². The van der Waals surface area contributed by atoms with Gasteiger partial charge in [-0.2, -0.15) is 0 Å². The maximum atomic E-state index is 13.2. The largest absolute Gasteiger partial charge is 0.343 e. The number of anilines is 1. The zero-order valence-electron chi connectivity index (χ0n) is 17.5. The van der Waals surface area contributed by atoms with Gasteiger partial charge in [-0.3, -0.25) is 14.6 Å². The molecule has 3 aromatic rings. The van der Waals surface area contributed by atoms with Gasteiger partial charge in [0.2, 0.25) is 0 Å². The second-order valence-corrected chi connectivity index (χ2v) is 7.37. The molecule has 0 spiro atoms. The highest BCUT2D eigenvalue weighted by molar-refractivity contribution is 6.05. The lowest BCUT2D eigenvalue weighted by Crippen LogP contribution is -2.29. The molecule has 0 aliphatic carbocycles. The lowest BCUT2D eigenvalue weighted by Gasteiger charge is -2.20. The molecular weight excluding hydrogens is 362 g/mol. The average Bonchev–Trinajstić information content (AvgIpc) is 2.69. The molecule has 2 aromatic heterocycles. The molecule has 3 rings (SSSR count). The fraction of sp³-hybridized carbons (Fsp3) is 0.292. The van der Waals surface area contributed by atoms with Crippen LogP contribution in [0.2, 0.25) is 0 Å². The Morgan fingerprint density at radius 1 is 1.14 bits per heavy atom. The number of hydrogen-bond donors (Lipinski definition) is 1. The monoisotopic (exact) mass is 389 g/mol. The number of nitrogens with one attached hydrogen (secondary N) is 1. The summed E-state index contributed by atoms with van der Waals surface area (Å²) in [6.45, 7) is 8.49. The van der Waals surface area contributed by atoms with Gasteiger partial charge in [0, 0.05) is 42.1 Å². The molecule has 0 aliphatic rings. The van der Waals surface area contributed by atoms with Crippen molar-refractivity contribution in [2.45, 2.75) is 47.1 Å². The number of carbonyl (C=O) groups is 1. The summed E-state index contributed by atoms with van der Waals surface area (Å²) in [5.41, 5.74) is 5.44. The Labute approximate surface area is 171 Å². The second-order valence-electron chi connectivity index (χ2n) is 7.37. The molecule has 0 aliphatic heterocycles. The highest BCUT2D eigenvalue weighted by Crippen LogP contribution is 2.20. The van der Waals surface area contributed by atoms with Crippen molar-refractivity contribution in [2.75, 3.05) is 5.32 Å². The van der Waals surface area contributed by atoms with Crippen molar-refractivity contribution in [3.05, 3.63) is 92.7 Å². The normalized spacial score (nSPS) is 10.8. The third-order valence-corrected chi connectivity index (χ3v) is 5.26. The molecule has 0 atom stereocenters. The standard InChI is InChI=1S/C24H27N3O2/c1-5-8-21-23(24(29)26-20-11-6-9-16(2)18(20)4)22(28)13-17(3)27(21)15-19-10-7-12-25-14-19/h6-7,9-14H,5,8,15H2,1-4H3,(H,26,29). The fourth-order valence-electron chi connectivity index (χ4n) is 3.54. The Kier molecular flexibility index (Phi) is 6.27. The maximum Gasteiger partial charge on any atom is 0.261 e. The Morgan fingerprint density at radius 3 is 2.62 bits per heavy atom. The van der Waals surface area contributed by atoms with Gasteiger partial charge in [0.1, 0.15) is 5.56 Å². The molecular formula is C24H27N3O2. The van der Waals surface area contributed by atoms with Crippen LogP contribution in [0.25, 0.3) is 0 Å². The van der Waals surface area contributed by atoms with E-state index >= 15 is 0 Å². The predicted molar refractivity (Wildman–Crippen MR) is 117 cm³/mol. The summed E-state index contributed by atoms with van der Waals surface area (Å²) in [5.74, 6) is -0.355. The first-order valence-electron chi connectivity index (χ1n) is 9.92.